The van der Waals surface area contributed by atoms with Crippen molar-refractivity contribution in [1.82, 2.24) is 10.1 Å². The maximum Gasteiger partial charge on any atom is 0.337 e. The number of nitrogens with one attached hydrogen (secondary N) is 1. The molecule has 29 heavy (non-hydrogen) atoms. The molecule has 0 fully saturated rings. The number of aromatic nitrogens is 2. The van der Waals surface area contributed by atoms with Crippen LogP contribution in [0.5, 0.6) is 5.75 Å². The van der Waals surface area contributed by atoms with Crippen molar-refractivity contribution in [3.05, 3.63) is 60.0 Å². The maximum atomic E-state index is 12.1. The number of hydrogen-bond donors (Lipinski definition) is 1. The van der Waals surface area contributed by atoms with Gasteiger partial charge in [0.1, 0.15) is 5.75 Å². The van der Waals surface area contributed by atoms with Crippen LogP contribution in [0.1, 0.15) is 29.1 Å². The molecule has 1 aromatic heterocycles. The molecule has 150 valence electrons. The van der Waals surface area contributed by atoms with Gasteiger partial charge in [-0.1, -0.05) is 17.3 Å². The van der Waals surface area contributed by atoms with E-state index in [1.807, 2.05) is 24.3 Å². The lowest BCUT2D eigenvalue weighted by atomic mass is 10.2. The van der Waals surface area contributed by atoms with Gasteiger partial charge in [0.15, 0.2) is 0 Å². The fourth-order valence-electron chi connectivity index (χ4n) is 2.73. The summed E-state index contributed by atoms with van der Waals surface area (Å²) in [7, 11) is 2.90. The molecule has 0 aliphatic carbocycles. The second-order valence-electron chi connectivity index (χ2n) is 6.18. The van der Waals surface area contributed by atoms with Gasteiger partial charge in [-0.3, -0.25) is 4.79 Å². The van der Waals surface area contributed by atoms with Crippen molar-refractivity contribution in [3.8, 4) is 17.1 Å². The van der Waals surface area contributed by atoms with Gasteiger partial charge in [0.2, 0.25) is 17.6 Å². The summed E-state index contributed by atoms with van der Waals surface area (Å²) >= 11 is 0. The van der Waals surface area contributed by atoms with Crippen LogP contribution in [-0.2, 0) is 16.0 Å². The van der Waals surface area contributed by atoms with Crippen molar-refractivity contribution in [2.45, 2.75) is 19.3 Å². The van der Waals surface area contributed by atoms with Crippen LogP contribution in [0, 0.1) is 0 Å². The summed E-state index contributed by atoms with van der Waals surface area (Å²) in [5.74, 6) is 1.02. The smallest absolute Gasteiger partial charge is 0.337 e. The molecule has 0 bridgehead atoms. The first-order chi connectivity index (χ1) is 14.1. The van der Waals surface area contributed by atoms with E-state index in [2.05, 4.69) is 20.2 Å². The van der Waals surface area contributed by atoms with Crippen molar-refractivity contribution < 1.29 is 23.6 Å². The van der Waals surface area contributed by atoms with Crippen molar-refractivity contribution in [2.24, 2.45) is 0 Å². The number of methoxy groups -OCH3 is 2. The average molecular weight is 395 g/mol. The monoisotopic (exact) mass is 395 g/mol. The zero-order valence-corrected chi connectivity index (χ0v) is 16.2. The first kappa shape index (κ1) is 20.1. The minimum atomic E-state index is -0.421. The zero-order chi connectivity index (χ0) is 20.6. The normalized spacial score (nSPS) is 10.4. The summed E-state index contributed by atoms with van der Waals surface area (Å²) in [6, 6.07) is 13.9. The van der Waals surface area contributed by atoms with Crippen molar-refractivity contribution in [2.75, 3.05) is 19.5 Å². The fourth-order valence-corrected chi connectivity index (χ4v) is 2.73. The molecular formula is C21H21N3O5. The second-order valence-corrected chi connectivity index (χ2v) is 6.18. The Morgan fingerprint density at radius 2 is 1.83 bits per heavy atom. The molecule has 2 aromatic carbocycles. The van der Waals surface area contributed by atoms with E-state index in [1.54, 1.807) is 31.4 Å². The number of esters is 1. The molecule has 8 heteroatoms. The molecule has 0 spiro atoms. The SMILES string of the molecule is COC(=O)c1ccc(NC(=O)CCCc2nc(-c3ccccc3OC)no2)cc1. The second kappa shape index (κ2) is 9.50. The average Bonchev–Trinajstić information content (AvgIpc) is 3.22. The molecule has 0 aliphatic heterocycles. The van der Waals surface area contributed by atoms with Gasteiger partial charge in [0.05, 0.1) is 25.3 Å². The molecule has 0 atom stereocenters. The summed E-state index contributed by atoms with van der Waals surface area (Å²) in [5.41, 5.74) is 1.78. The number of rotatable bonds is 8. The van der Waals surface area contributed by atoms with Gasteiger partial charge in [-0.25, -0.2) is 4.79 Å². The Kier molecular flexibility index (Phi) is 6.57. The molecule has 3 aromatic rings. The number of carbonyl (C=O) groups is 2. The van der Waals surface area contributed by atoms with Gasteiger partial charge < -0.3 is 19.3 Å². The minimum absolute atomic E-state index is 0.139. The number of benzene rings is 2. The number of nitrogens with zero attached hydrogens (tertiary/aromatic N) is 2. The molecule has 0 radical (unpaired) electrons. The van der Waals surface area contributed by atoms with E-state index >= 15 is 0 Å². The highest BCUT2D eigenvalue weighted by atomic mass is 16.5. The Labute approximate surface area is 167 Å². The third-order valence-corrected chi connectivity index (χ3v) is 4.20. The van der Waals surface area contributed by atoms with Crippen molar-refractivity contribution in [1.29, 1.82) is 0 Å². The Morgan fingerprint density at radius 1 is 1.07 bits per heavy atom. The minimum Gasteiger partial charge on any atom is -0.496 e. The Hall–Kier alpha value is -3.68. The molecular weight excluding hydrogens is 374 g/mol. The Balaban J connectivity index is 1.49. The van der Waals surface area contributed by atoms with Crippen LogP contribution < -0.4 is 10.1 Å². The summed E-state index contributed by atoms with van der Waals surface area (Å²) in [6.45, 7) is 0. The summed E-state index contributed by atoms with van der Waals surface area (Å²) in [6.07, 6.45) is 1.33. The van der Waals surface area contributed by atoms with Crippen LogP contribution in [-0.4, -0.2) is 36.2 Å². The number of ether oxygens (including phenoxy) is 2. The topological polar surface area (TPSA) is 104 Å². The van der Waals surface area contributed by atoms with Crippen LogP contribution in [0.2, 0.25) is 0 Å². The third-order valence-electron chi connectivity index (χ3n) is 4.20. The highest BCUT2D eigenvalue weighted by Crippen LogP contribution is 2.27. The van der Waals surface area contributed by atoms with E-state index < -0.39 is 5.97 Å². The lowest BCUT2D eigenvalue weighted by Gasteiger charge is -2.05. The number of carbonyl (C=O) groups excluding carboxylic acids is 2. The Bertz CT molecular complexity index is 982. The highest BCUT2D eigenvalue weighted by molar-refractivity contribution is 5.93. The van der Waals surface area contributed by atoms with E-state index in [1.165, 1.54) is 7.11 Å². The van der Waals surface area contributed by atoms with E-state index in [4.69, 9.17) is 9.26 Å². The van der Waals surface area contributed by atoms with Crippen LogP contribution in [0.3, 0.4) is 0 Å². The number of aryl methyl sites for hydroxylation is 1. The van der Waals surface area contributed by atoms with Crippen LogP contribution in [0.15, 0.2) is 53.1 Å². The van der Waals surface area contributed by atoms with Gasteiger partial charge in [-0.2, -0.15) is 4.98 Å². The number of anilines is 1. The molecule has 1 heterocycles. The molecule has 0 saturated carbocycles. The first-order valence-corrected chi connectivity index (χ1v) is 9.05. The van der Waals surface area contributed by atoms with Crippen LogP contribution >= 0.6 is 0 Å². The number of hydrogen-bond acceptors (Lipinski definition) is 7. The fraction of sp³-hybridized carbons (Fsp3) is 0.238. The lowest BCUT2D eigenvalue weighted by molar-refractivity contribution is -0.116. The molecule has 0 saturated heterocycles. The van der Waals surface area contributed by atoms with E-state index in [0.29, 0.717) is 48.0 Å². The van der Waals surface area contributed by atoms with E-state index in [-0.39, 0.29) is 5.91 Å². The molecule has 0 aliphatic rings. The zero-order valence-electron chi connectivity index (χ0n) is 16.2. The first-order valence-electron chi connectivity index (χ1n) is 9.05. The quantitative estimate of drug-likeness (QED) is 0.582. The van der Waals surface area contributed by atoms with Crippen molar-refractivity contribution in [3.63, 3.8) is 0 Å². The molecule has 0 unspecified atom stereocenters. The van der Waals surface area contributed by atoms with Gasteiger partial charge >= 0.3 is 5.97 Å². The Morgan fingerprint density at radius 3 is 2.55 bits per heavy atom. The predicted molar refractivity (Wildman–Crippen MR) is 106 cm³/mol. The maximum absolute atomic E-state index is 12.1. The van der Waals surface area contributed by atoms with Gasteiger partial charge in [0.25, 0.3) is 0 Å². The summed E-state index contributed by atoms with van der Waals surface area (Å²) < 4.78 is 15.2. The molecule has 8 nitrogen and oxygen atoms in total. The lowest BCUT2D eigenvalue weighted by Crippen LogP contribution is -2.11. The van der Waals surface area contributed by atoms with Gasteiger partial charge in [0, 0.05) is 18.5 Å². The molecule has 3 rings (SSSR count). The molecule has 1 N–H and O–H groups in total. The standard InChI is InChI=1S/C21H21N3O5/c1-27-17-7-4-3-6-16(17)20-23-19(29-24-20)9-5-8-18(25)22-15-12-10-14(11-13-15)21(26)28-2/h3-4,6-7,10-13H,5,8-9H2,1-2H3,(H,22,25). The number of para-hydroxylation sites is 1. The van der Waals surface area contributed by atoms with Crippen LogP contribution in [0.4, 0.5) is 5.69 Å². The van der Waals surface area contributed by atoms with Gasteiger partial charge in [-0.15, -0.1) is 0 Å². The largest absolute Gasteiger partial charge is 0.496 e. The predicted octanol–water partition coefficient (Wildman–Crippen LogP) is 3.49. The highest BCUT2D eigenvalue weighted by Gasteiger charge is 2.13. The van der Waals surface area contributed by atoms with Crippen LogP contribution in [0.25, 0.3) is 11.4 Å². The van der Waals surface area contributed by atoms with Crippen molar-refractivity contribution >= 4 is 17.6 Å². The van der Waals surface area contributed by atoms with E-state index in [9.17, 15) is 9.59 Å². The number of amides is 1. The third kappa shape index (κ3) is 5.19. The summed E-state index contributed by atoms with van der Waals surface area (Å²) in [4.78, 5) is 27.9. The summed E-state index contributed by atoms with van der Waals surface area (Å²) in [5, 5.41) is 6.77. The van der Waals surface area contributed by atoms with E-state index in [0.717, 1.165) is 5.56 Å². The molecule has 1 amide bonds. The van der Waals surface area contributed by atoms with Gasteiger partial charge in [-0.05, 0) is 42.8 Å².